The molecule has 3 rings (SSSR count). The van der Waals surface area contributed by atoms with Crippen LogP contribution in [0.4, 0.5) is 10.1 Å². The molecule has 0 saturated heterocycles. The summed E-state index contributed by atoms with van der Waals surface area (Å²) >= 11 is 0. The Morgan fingerprint density at radius 3 is 2.18 bits per heavy atom. The molecule has 0 aliphatic heterocycles. The first-order valence-corrected chi connectivity index (χ1v) is 13.7. The molecule has 8 nitrogen and oxygen atoms in total. The number of hydrogen-bond donors (Lipinski definition) is 1. The van der Waals surface area contributed by atoms with E-state index in [1.54, 1.807) is 19.1 Å². The van der Waals surface area contributed by atoms with Crippen LogP contribution >= 0.6 is 0 Å². The van der Waals surface area contributed by atoms with Crippen LogP contribution in [0.1, 0.15) is 19.4 Å². The summed E-state index contributed by atoms with van der Waals surface area (Å²) in [6.07, 6.45) is 0.474. The van der Waals surface area contributed by atoms with E-state index in [0.717, 1.165) is 34.1 Å². The number of likely N-dealkylation sites (N-methyl/N-ethyl adjacent to an activating group) is 1. The van der Waals surface area contributed by atoms with Crippen molar-refractivity contribution in [2.45, 2.75) is 31.2 Å². The fourth-order valence-corrected chi connectivity index (χ4v) is 5.33. The molecule has 3 aromatic carbocycles. The average molecular weight is 542 g/mol. The molecule has 0 spiro atoms. The molecule has 1 atom stereocenters. The summed E-state index contributed by atoms with van der Waals surface area (Å²) in [6.45, 7) is 3.49. The van der Waals surface area contributed by atoms with Crippen molar-refractivity contribution in [1.82, 2.24) is 10.2 Å². The van der Waals surface area contributed by atoms with Gasteiger partial charge in [-0.3, -0.25) is 13.9 Å². The third kappa shape index (κ3) is 7.10. The number of rotatable bonds is 12. The van der Waals surface area contributed by atoms with Crippen LogP contribution in [0.25, 0.3) is 0 Å². The van der Waals surface area contributed by atoms with E-state index in [9.17, 15) is 22.4 Å². The van der Waals surface area contributed by atoms with Gasteiger partial charge >= 0.3 is 0 Å². The first-order chi connectivity index (χ1) is 18.2. The standard InChI is InChI=1S/C28H32FN3O5S/c1-4-37-25-14-12-24(13-15-25)32(38(35,36)26-16-10-23(29)11-17-26)20-27(33)31(21(2)28(34)30-3)19-18-22-8-6-5-7-9-22/h5-17,21H,4,18-20H2,1-3H3,(H,30,34)/t21-/m1/s1. The Bertz CT molecular complexity index is 1320. The van der Waals surface area contributed by atoms with E-state index in [4.69, 9.17) is 4.74 Å². The van der Waals surface area contributed by atoms with E-state index in [-0.39, 0.29) is 23.0 Å². The summed E-state index contributed by atoms with van der Waals surface area (Å²) in [4.78, 5) is 27.4. The first-order valence-electron chi connectivity index (χ1n) is 12.2. The van der Waals surface area contributed by atoms with Crippen molar-refractivity contribution < 1.29 is 27.1 Å². The quantitative estimate of drug-likeness (QED) is 0.378. The minimum atomic E-state index is -4.27. The molecule has 202 valence electrons. The zero-order valence-electron chi connectivity index (χ0n) is 21.6. The molecule has 0 aromatic heterocycles. The monoisotopic (exact) mass is 541 g/mol. The van der Waals surface area contributed by atoms with Crippen molar-refractivity contribution in [2.24, 2.45) is 0 Å². The van der Waals surface area contributed by atoms with Crippen molar-refractivity contribution in [3.05, 3.63) is 90.2 Å². The van der Waals surface area contributed by atoms with Crippen molar-refractivity contribution in [3.8, 4) is 5.75 Å². The van der Waals surface area contributed by atoms with Crippen LogP contribution in [0.15, 0.2) is 83.8 Å². The highest BCUT2D eigenvalue weighted by molar-refractivity contribution is 7.92. The molecule has 0 aliphatic rings. The van der Waals surface area contributed by atoms with Gasteiger partial charge in [-0.25, -0.2) is 12.8 Å². The number of benzene rings is 3. The zero-order chi connectivity index (χ0) is 27.7. The Hall–Kier alpha value is -3.92. The predicted molar refractivity (Wildman–Crippen MR) is 144 cm³/mol. The van der Waals surface area contributed by atoms with Crippen LogP contribution < -0.4 is 14.4 Å². The van der Waals surface area contributed by atoms with Crippen LogP contribution in [-0.4, -0.2) is 57.9 Å². The van der Waals surface area contributed by atoms with Gasteiger partial charge in [0.1, 0.15) is 24.2 Å². The third-order valence-electron chi connectivity index (χ3n) is 6.01. The number of hydrogen-bond acceptors (Lipinski definition) is 5. The molecule has 0 radical (unpaired) electrons. The molecule has 0 saturated carbocycles. The predicted octanol–water partition coefficient (Wildman–Crippen LogP) is 3.63. The summed E-state index contributed by atoms with van der Waals surface area (Å²) in [7, 11) is -2.79. The van der Waals surface area contributed by atoms with Crippen LogP contribution in [-0.2, 0) is 26.0 Å². The highest BCUT2D eigenvalue weighted by Crippen LogP contribution is 2.26. The molecule has 0 unspecified atom stereocenters. The summed E-state index contributed by atoms with van der Waals surface area (Å²) in [6, 6.07) is 19.3. The first kappa shape index (κ1) is 28.6. The van der Waals surface area contributed by atoms with Gasteiger partial charge in [0.2, 0.25) is 11.8 Å². The Morgan fingerprint density at radius 2 is 1.61 bits per heavy atom. The molecular weight excluding hydrogens is 509 g/mol. The molecule has 10 heteroatoms. The maximum atomic E-state index is 13.7. The number of halogens is 1. The van der Waals surface area contributed by atoms with Crippen LogP contribution in [0, 0.1) is 5.82 Å². The second kappa shape index (κ2) is 13.0. The Kier molecular flexibility index (Phi) is 9.84. The molecular formula is C28H32FN3O5S. The normalized spacial score (nSPS) is 11.9. The van der Waals surface area contributed by atoms with Crippen LogP contribution in [0.3, 0.4) is 0 Å². The van der Waals surface area contributed by atoms with E-state index in [0.29, 0.717) is 18.8 Å². The van der Waals surface area contributed by atoms with Crippen LogP contribution in [0.2, 0.25) is 0 Å². The van der Waals surface area contributed by atoms with Crippen molar-refractivity contribution in [1.29, 1.82) is 0 Å². The number of ether oxygens (including phenoxy) is 1. The van der Waals surface area contributed by atoms with Gasteiger partial charge in [-0.15, -0.1) is 0 Å². The third-order valence-corrected chi connectivity index (χ3v) is 7.80. The highest BCUT2D eigenvalue weighted by Gasteiger charge is 2.32. The molecule has 0 fully saturated rings. The van der Waals surface area contributed by atoms with E-state index in [1.165, 1.54) is 24.1 Å². The lowest BCUT2D eigenvalue weighted by atomic mass is 10.1. The van der Waals surface area contributed by atoms with E-state index in [1.807, 2.05) is 37.3 Å². The Balaban J connectivity index is 1.97. The van der Waals surface area contributed by atoms with Gasteiger partial charge in [0.25, 0.3) is 10.0 Å². The molecule has 3 aromatic rings. The number of amides is 2. The largest absolute Gasteiger partial charge is 0.494 e. The molecule has 0 aliphatic carbocycles. The number of nitrogens with zero attached hydrogens (tertiary/aromatic N) is 2. The maximum absolute atomic E-state index is 13.7. The number of nitrogens with one attached hydrogen (secondary N) is 1. The van der Waals surface area contributed by atoms with Gasteiger partial charge in [0.05, 0.1) is 17.2 Å². The average Bonchev–Trinajstić information content (AvgIpc) is 2.92. The topological polar surface area (TPSA) is 96.0 Å². The zero-order valence-corrected chi connectivity index (χ0v) is 22.4. The SMILES string of the molecule is CCOc1ccc(N(CC(=O)N(CCc2ccccc2)[C@H](C)C(=O)NC)S(=O)(=O)c2ccc(F)cc2)cc1. The highest BCUT2D eigenvalue weighted by atomic mass is 32.2. The summed E-state index contributed by atoms with van der Waals surface area (Å²) in [5.41, 5.74) is 1.19. The minimum Gasteiger partial charge on any atom is -0.494 e. The fraction of sp³-hybridized carbons (Fsp3) is 0.286. The van der Waals surface area contributed by atoms with Gasteiger partial charge in [0.15, 0.2) is 0 Å². The second-order valence-corrected chi connectivity index (χ2v) is 10.4. The molecule has 38 heavy (non-hydrogen) atoms. The number of carbonyl (C=O) groups excluding carboxylic acids is 2. The Labute approximate surface area is 223 Å². The number of anilines is 1. The Morgan fingerprint density at radius 1 is 0.974 bits per heavy atom. The summed E-state index contributed by atoms with van der Waals surface area (Å²) in [5.74, 6) is -0.976. The lowest BCUT2D eigenvalue weighted by molar-refractivity contribution is -0.138. The van der Waals surface area contributed by atoms with Crippen molar-refractivity contribution in [3.63, 3.8) is 0 Å². The van der Waals surface area contributed by atoms with Gasteiger partial charge in [0, 0.05) is 13.6 Å². The lowest BCUT2D eigenvalue weighted by Crippen LogP contribution is -2.51. The van der Waals surface area contributed by atoms with Gasteiger partial charge in [-0.05, 0) is 74.4 Å². The van der Waals surface area contributed by atoms with Crippen LogP contribution in [0.5, 0.6) is 5.75 Å². The minimum absolute atomic E-state index is 0.171. The summed E-state index contributed by atoms with van der Waals surface area (Å²) < 4.78 is 47.3. The van der Waals surface area contributed by atoms with Gasteiger partial charge < -0.3 is 15.0 Å². The molecule has 1 N–H and O–H groups in total. The smallest absolute Gasteiger partial charge is 0.264 e. The number of carbonyl (C=O) groups is 2. The maximum Gasteiger partial charge on any atom is 0.264 e. The lowest BCUT2D eigenvalue weighted by Gasteiger charge is -2.31. The van der Waals surface area contributed by atoms with Crippen molar-refractivity contribution >= 4 is 27.5 Å². The summed E-state index contributed by atoms with van der Waals surface area (Å²) in [5, 5.41) is 2.55. The second-order valence-electron chi connectivity index (χ2n) is 8.51. The van der Waals surface area contributed by atoms with Gasteiger partial charge in [-0.1, -0.05) is 30.3 Å². The number of sulfonamides is 1. The van der Waals surface area contributed by atoms with E-state index < -0.39 is 34.3 Å². The van der Waals surface area contributed by atoms with Gasteiger partial charge in [-0.2, -0.15) is 0 Å². The molecule has 2 amide bonds. The fourth-order valence-electron chi connectivity index (χ4n) is 3.92. The van der Waals surface area contributed by atoms with Crippen molar-refractivity contribution in [2.75, 3.05) is 31.0 Å². The van der Waals surface area contributed by atoms with E-state index >= 15 is 0 Å². The van der Waals surface area contributed by atoms with E-state index in [2.05, 4.69) is 5.32 Å². The molecule has 0 heterocycles. The molecule has 0 bridgehead atoms.